The molecule has 1 aromatic rings. The second-order valence-electron chi connectivity index (χ2n) is 5.19. The number of rotatable bonds is 4. The molecule has 0 unspecified atom stereocenters. The molecule has 18 heavy (non-hydrogen) atoms. The van der Waals surface area contributed by atoms with Crippen molar-refractivity contribution in [2.75, 3.05) is 5.75 Å². The van der Waals surface area contributed by atoms with Gasteiger partial charge < -0.3 is 10.0 Å². The smallest absolute Gasteiger partial charge is 0.169 e. The highest BCUT2D eigenvalue weighted by Gasteiger charge is 2.14. The Bertz CT molecular complexity index is 460. The number of hydrogen-bond acceptors (Lipinski definition) is 3. The first-order chi connectivity index (χ1) is 7.68. The Kier molecular flexibility index (Phi) is 5.92. The molecule has 1 aromatic heterocycles. The van der Waals surface area contributed by atoms with Gasteiger partial charge in [0.25, 0.3) is 0 Å². The summed E-state index contributed by atoms with van der Waals surface area (Å²) >= 11 is 0. The van der Waals surface area contributed by atoms with E-state index >= 15 is 0 Å². The van der Waals surface area contributed by atoms with E-state index in [1.807, 2.05) is 29.1 Å². The zero-order valence-corrected chi connectivity index (χ0v) is 11.8. The molecule has 0 saturated heterocycles. The van der Waals surface area contributed by atoms with Crippen LogP contribution in [0.3, 0.4) is 0 Å². The molecule has 104 valence electrons. The monoisotopic (exact) mass is 275 g/mol. The molecule has 0 aliphatic carbocycles. The predicted molar refractivity (Wildman–Crippen MR) is 68.1 cm³/mol. The summed E-state index contributed by atoms with van der Waals surface area (Å²) in [6, 6.07) is 4.04. The van der Waals surface area contributed by atoms with Crippen LogP contribution in [0.5, 0.6) is 0 Å². The molecule has 1 heterocycles. The zero-order chi connectivity index (χ0) is 13.1. The van der Waals surface area contributed by atoms with Crippen LogP contribution in [0.1, 0.15) is 32.8 Å². The van der Waals surface area contributed by atoms with E-state index in [9.17, 15) is 13.0 Å². The minimum Gasteiger partial charge on any atom is -0.748 e. The van der Waals surface area contributed by atoms with Crippen LogP contribution in [0, 0.1) is 0 Å². The van der Waals surface area contributed by atoms with Gasteiger partial charge in [0.15, 0.2) is 12.4 Å². The summed E-state index contributed by atoms with van der Waals surface area (Å²) in [7, 11) is -4.09. The van der Waals surface area contributed by atoms with Crippen molar-refractivity contribution in [3.63, 3.8) is 0 Å². The van der Waals surface area contributed by atoms with Crippen LogP contribution in [-0.2, 0) is 22.1 Å². The van der Waals surface area contributed by atoms with Crippen molar-refractivity contribution in [3.05, 3.63) is 30.1 Å². The summed E-state index contributed by atoms with van der Waals surface area (Å²) in [4.78, 5) is 0. The van der Waals surface area contributed by atoms with Gasteiger partial charge in [0, 0.05) is 24.3 Å². The van der Waals surface area contributed by atoms with E-state index in [0.29, 0.717) is 13.0 Å². The first kappa shape index (κ1) is 17.0. The Morgan fingerprint density at radius 2 is 1.72 bits per heavy atom. The second-order valence-corrected chi connectivity index (χ2v) is 6.71. The lowest BCUT2D eigenvalue weighted by Gasteiger charge is -2.17. The Morgan fingerprint density at radius 3 is 2.11 bits per heavy atom. The second kappa shape index (κ2) is 6.26. The van der Waals surface area contributed by atoms with E-state index < -0.39 is 10.1 Å². The fraction of sp³-hybridized carbons (Fsp3) is 0.583. The molecule has 0 aliphatic rings. The third-order valence-electron chi connectivity index (χ3n) is 2.57. The molecule has 0 spiro atoms. The lowest BCUT2D eigenvalue weighted by Crippen LogP contribution is -2.34. The standard InChI is InChI=1S/C12H19NO3S.H2O/c1-12(2,3)11-5-8-13(9-6-11)7-4-10-17(14,15)16;/h5-6,8-9H,4,7,10H2,1-3H3;1H2. The number of hydrogen-bond donors (Lipinski definition) is 0. The molecule has 0 fully saturated rings. The maximum atomic E-state index is 10.4. The summed E-state index contributed by atoms with van der Waals surface area (Å²) in [6.07, 6.45) is 4.18. The molecule has 0 aliphatic heterocycles. The van der Waals surface area contributed by atoms with Crippen molar-refractivity contribution in [3.8, 4) is 0 Å². The van der Waals surface area contributed by atoms with Gasteiger partial charge in [0.2, 0.25) is 0 Å². The topological polar surface area (TPSA) is 92.6 Å². The third-order valence-corrected chi connectivity index (χ3v) is 3.36. The largest absolute Gasteiger partial charge is 0.748 e. The molecular formula is C12H21NO4S. The van der Waals surface area contributed by atoms with Gasteiger partial charge >= 0.3 is 0 Å². The summed E-state index contributed by atoms with van der Waals surface area (Å²) in [5.74, 6) is -0.305. The van der Waals surface area contributed by atoms with Crippen LogP contribution in [0.25, 0.3) is 0 Å². The number of aryl methyl sites for hydroxylation is 1. The highest BCUT2D eigenvalue weighted by molar-refractivity contribution is 7.85. The lowest BCUT2D eigenvalue weighted by atomic mass is 9.88. The fourth-order valence-electron chi connectivity index (χ4n) is 1.53. The Morgan fingerprint density at radius 1 is 1.22 bits per heavy atom. The van der Waals surface area contributed by atoms with Gasteiger partial charge in [0.1, 0.15) is 6.54 Å². The summed E-state index contributed by atoms with van der Waals surface area (Å²) < 4.78 is 33.2. The first-order valence-electron chi connectivity index (χ1n) is 5.62. The van der Waals surface area contributed by atoms with Crippen LogP contribution >= 0.6 is 0 Å². The summed E-state index contributed by atoms with van der Waals surface area (Å²) in [5.41, 5.74) is 1.34. The van der Waals surface area contributed by atoms with Crippen LogP contribution in [0.4, 0.5) is 0 Å². The minimum absolute atomic E-state index is 0. The van der Waals surface area contributed by atoms with E-state index in [1.54, 1.807) is 0 Å². The lowest BCUT2D eigenvalue weighted by molar-refractivity contribution is -0.696. The Hall–Kier alpha value is -0.980. The van der Waals surface area contributed by atoms with E-state index in [4.69, 9.17) is 0 Å². The third kappa shape index (κ3) is 6.09. The van der Waals surface area contributed by atoms with Crippen LogP contribution in [0.2, 0.25) is 0 Å². The van der Waals surface area contributed by atoms with Gasteiger partial charge in [-0.2, -0.15) is 0 Å². The predicted octanol–water partition coefficient (Wildman–Crippen LogP) is 0.382. The fourth-order valence-corrected chi connectivity index (χ4v) is 2.01. The maximum absolute atomic E-state index is 10.4. The number of aromatic nitrogens is 1. The molecule has 6 heteroatoms. The quantitative estimate of drug-likeness (QED) is 0.587. The van der Waals surface area contributed by atoms with Crippen molar-refractivity contribution in [1.29, 1.82) is 0 Å². The van der Waals surface area contributed by atoms with E-state index in [1.165, 1.54) is 5.56 Å². The SMILES string of the molecule is CC(C)(C)c1cc[n+](CCCS(=O)(=O)[O-])cc1.O. The van der Waals surface area contributed by atoms with Crippen molar-refractivity contribution >= 4 is 10.1 Å². The van der Waals surface area contributed by atoms with E-state index in [2.05, 4.69) is 20.8 Å². The maximum Gasteiger partial charge on any atom is 0.169 e. The summed E-state index contributed by atoms with van der Waals surface area (Å²) in [5, 5.41) is 0. The molecular weight excluding hydrogens is 254 g/mol. The molecule has 0 amide bonds. The molecule has 1 rings (SSSR count). The highest BCUT2D eigenvalue weighted by Crippen LogP contribution is 2.20. The highest BCUT2D eigenvalue weighted by atomic mass is 32.2. The normalized spacial score (nSPS) is 12.0. The van der Waals surface area contributed by atoms with E-state index in [0.717, 1.165) is 0 Å². The molecule has 0 radical (unpaired) electrons. The summed E-state index contributed by atoms with van der Waals surface area (Å²) in [6.45, 7) is 6.95. The van der Waals surface area contributed by atoms with Gasteiger partial charge in [-0.05, 0) is 11.0 Å². The van der Waals surface area contributed by atoms with Crippen LogP contribution in [-0.4, -0.2) is 24.2 Å². The number of pyridine rings is 1. The van der Waals surface area contributed by atoms with Crippen molar-refractivity contribution in [2.45, 2.75) is 39.2 Å². The van der Waals surface area contributed by atoms with Gasteiger partial charge in [-0.15, -0.1) is 0 Å². The van der Waals surface area contributed by atoms with Gasteiger partial charge in [-0.3, -0.25) is 0 Å². The van der Waals surface area contributed by atoms with Gasteiger partial charge in [-0.1, -0.05) is 20.8 Å². The average Bonchev–Trinajstić information content (AvgIpc) is 2.15. The van der Waals surface area contributed by atoms with Crippen molar-refractivity contribution in [2.24, 2.45) is 0 Å². The van der Waals surface area contributed by atoms with Crippen molar-refractivity contribution < 1.29 is 23.0 Å². The Labute approximate surface area is 109 Å². The van der Waals surface area contributed by atoms with Crippen LogP contribution < -0.4 is 4.57 Å². The zero-order valence-electron chi connectivity index (χ0n) is 11.0. The number of nitrogens with zero attached hydrogens (tertiary/aromatic N) is 1. The van der Waals surface area contributed by atoms with E-state index in [-0.39, 0.29) is 16.6 Å². The van der Waals surface area contributed by atoms with Crippen molar-refractivity contribution in [1.82, 2.24) is 0 Å². The Balaban J connectivity index is 0.00000289. The molecule has 0 atom stereocenters. The molecule has 5 nitrogen and oxygen atoms in total. The molecule has 0 saturated carbocycles. The first-order valence-corrected chi connectivity index (χ1v) is 7.19. The van der Waals surface area contributed by atoms with Gasteiger partial charge in [-0.25, -0.2) is 13.0 Å². The molecule has 2 N–H and O–H groups in total. The average molecular weight is 275 g/mol. The van der Waals surface area contributed by atoms with Gasteiger partial charge in [0.05, 0.1) is 10.1 Å². The minimum atomic E-state index is -4.09. The molecule has 0 bridgehead atoms. The molecule has 0 aromatic carbocycles. The van der Waals surface area contributed by atoms with Crippen LogP contribution in [0.15, 0.2) is 24.5 Å².